The van der Waals surface area contributed by atoms with Crippen LogP contribution in [0.2, 0.25) is 10.0 Å². The molecule has 0 aliphatic rings. The third kappa shape index (κ3) is 4.98. The highest BCUT2D eigenvalue weighted by Gasteiger charge is 2.17. The van der Waals surface area contributed by atoms with Gasteiger partial charge in [-0.25, -0.2) is 13.4 Å². The summed E-state index contributed by atoms with van der Waals surface area (Å²) >= 11 is 13.0. The number of nitrogens with zero attached hydrogens (tertiary/aromatic N) is 1. The number of benzene rings is 2. The van der Waals surface area contributed by atoms with Crippen molar-refractivity contribution in [3.05, 3.63) is 69.7 Å². The van der Waals surface area contributed by atoms with Gasteiger partial charge in [0, 0.05) is 5.38 Å². The molecule has 0 saturated carbocycles. The van der Waals surface area contributed by atoms with Crippen molar-refractivity contribution >= 4 is 61.3 Å². The number of halogens is 2. The van der Waals surface area contributed by atoms with Crippen molar-refractivity contribution in [3.8, 4) is 0 Å². The van der Waals surface area contributed by atoms with E-state index in [9.17, 15) is 13.2 Å². The SMILES string of the molecule is O=C(Cc1csc(NS(=O)(=O)c2ccccc2)n1)Nc1cccc(Cl)c1Cl. The Morgan fingerprint density at radius 3 is 2.56 bits per heavy atom. The number of sulfonamides is 1. The van der Waals surface area contributed by atoms with Gasteiger partial charge in [0.05, 0.1) is 32.7 Å². The predicted molar refractivity (Wildman–Crippen MR) is 108 cm³/mol. The lowest BCUT2D eigenvalue weighted by Gasteiger charge is -2.07. The third-order valence-corrected chi connectivity index (χ3v) is 6.50. The molecule has 0 spiro atoms. The minimum Gasteiger partial charge on any atom is -0.324 e. The molecule has 0 radical (unpaired) electrons. The molecule has 0 aliphatic carbocycles. The number of hydrogen-bond donors (Lipinski definition) is 2. The van der Waals surface area contributed by atoms with Crippen LogP contribution in [0.3, 0.4) is 0 Å². The zero-order valence-electron chi connectivity index (χ0n) is 13.6. The summed E-state index contributed by atoms with van der Waals surface area (Å²) < 4.78 is 27.0. The predicted octanol–water partition coefficient (Wildman–Crippen LogP) is 4.43. The normalized spacial score (nSPS) is 11.2. The van der Waals surface area contributed by atoms with E-state index in [0.29, 0.717) is 16.4 Å². The second-order valence-electron chi connectivity index (χ2n) is 5.39. The Morgan fingerprint density at radius 2 is 1.81 bits per heavy atom. The van der Waals surface area contributed by atoms with Gasteiger partial charge in [-0.15, -0.1) is 11.3 Å². The van der Waals surface area contributed by atoms with Crippen LogP contribution in [0.15, 0.2) is 58.8 Å². The molecule has 0 bridgehead atoms. The van der Waals surface area contributed by atoms with Crippen LogP contribution in [0.1, 0.15) is 5.69 Å². The van der Waals surface area contributed by atoms with Gasteiger partial charge in [0.25, 0.3) is 10.0 Å². The topological polar surface area (TPSA) is 88.2 Å². The minimum absolute atomic E-state index is 0.0353. The number of rotatable bonds is 6. The highest BCUT2D eigenvalue weighted by Crippen LogP contribution is 2.29. The van der Waals surface area contributed by atoms with E-state index in [1.807, 2.05) is 0 Å². The molecule has 27 heavy (non-hydrogen) atoms. The van der Waals surface area contributed by atoms with Gasteiger partial charge in [-0.2, -0.15) is 0 Å². The molecular weight excluding hydrogens is 429 g/mol. The first-order chi connectivity index (χ1) is 12.8. The molecule has 0 fully saturated rings. The van der Waals surface area contributed by atoms with Crippen LogP contribution in [0.4, 0.5) is 10.8 Å². The van der Waals surface area contributed by atoms with Crippen LogP contribution in [0.25, 0.3) is 0 Å². The second-order valence-corrected chi connectivity index (χ2v) is 8.71. The number of carbonyl (C=O) groups is 1. The summed E-state index contributed by atoms with van der Waals surface area (Å²) in [6, 6.07) is 12.9. The number of aromatic nitrogens is 1. The van der Waals surface area contributed by atoms with Crippen molar-refractivity contribution in [2.45, 2.75) is 11.3 Å². The molecule has 1 aromatic heterocycles. The summed E-state index contributed by atoms with van der Waals surface area (Å²) in [7, 11) is -3.72. The summed E-state index contributed by atoms with van der Waals surface area (Å²) in [4.78, 5) is 16.5. The molecule has 0 aliphatic heterocycles. The quantitative estimate of drug-likeness (QED) is 0.591. The van der Waals surface area contributed by atoms with Crippen LogP contribution in [0.5, 0.6) is 0 Å². The van der Waals surface area contributed by atoms with Gasteiger partial charge < -0.3 is 5.32 Å². The first-order valence-electron chi connectivity index (χ1n) is 7.61. The van der Waals surface area contributed by atoms with Crippen LogP contribution >= 0.6 is 34.5 Å². The summed E-state index contributed by atoms with van der Waals surface area (Å²) in [6.07, 6.45) is -0.0353. The Morgan fingerprint density at radius 1 is 1.07 bits per heavy atom. The minimum atomic E-state index is -3.72. The fraction of sp³-hybridized carbons (Fsp3) is 0.0588. The summed E-state index contributed by atoms with van der Waals surface area (Å²) in [5.41, 5.74) is 0.829. The zero-order valence-corrected chi connectivity index (χ0v) is 16.8. The van der Waals surface area contributed by atoms with E-state index < -0.39 is 10.0 Å². The number of anilines is 2. The van der Waals surface area contributed by atoms with E-state index in [1.54, 1.807) is 41.8 Å². The molecule has 0 unspecified atom stereocenters. The van der Waals surface area contributed by atoms with Crippen molar-refractivity contribution < 1.29 is 13.2 Å². The molecule has 1 amide bonds. The van der Waals surface area contributed by atoms with Gasteiger partial charge in [0.2, 0.25) is 5.91 Å². The molecule has 3 rings (SSSR count). The average molecular weight is 442 g/mol. The van der Waals surface area contributed by atoms with E-state index in [1.165, 1.54) is 12.1 Å². The molecule has 0 saturated heterocycles. The van der Waals surface area contributed by atoms with Gasteiger partial charge >= 0.3 is 0 Å². The largest absolute Gasteiger partial charge is 0.324 e. The Balaban J connectivity index is 1.66. The van der Waals surface area contributed by atoms with Gasteiger partial charge in [-0.3, -0.25) is 9.52 Å². The van der Waals surface area contributed by atoms with Gasteiger partial charge in [0.15, 0.2) is 5.13 Å². The number of hydrogen-bond acceptors (Lipinski definition) is 5. The summed E-state index contributed by atoms with van der Waals surface area (Å²) in [6.45, 7) is 0. The van der Waals surface area contributed by atoms with Crippen molar-refractivity contribution in [2.24, 2.45) is 0 Å². The molecule has 2 N–H and O–H groups in total. The van der Waals surface area contributed by atoms with E-state index in [-0.39, 0.29) is 27.4 Å². The van der Waals surface area contributed by atoms with Crippen LogP contribution in [0, 0.1) is 0 Å². The van der Waals surface area contributed by atoms with Crippen LogP contribution in [-0.4, -0.2) is 19.3 Å². The number of nitrogens with one attached hydrogen (secondary N) is 2. The first-order valence-corrected chi connectivity index (χ1v) is 10.7. The van der Waals surface area contributed by atoms with Crippen molar-refractivity contribution in [2.75, 3.05) is 10.0 Å². The van der Waals surface area contributed by atoms with Crippen LogP contribution in [-0.2, 0) is 21.2 Å². The molecule has 140 valence electrons. The smallest absolute Gasteiger partial charge is 0.263 e. The zero-order chi connectivity index (χ0) is 19.4. The maximum Gasteiger partial charge on any atom is 0.263 e. The molecule has 2 aromatic carbocycles. The first kappa shape index (κ1) is 19.6. The second kappa shape index (κ2) is 8.26. The Kier molecular flexibility index (Phi) is 6.01. The van der Waals surface area contributed by atoms with Gasteiger partial charge in [-0.1, -0.05) is 47.5 Å². The molecule has 6 nitrogen and oxygen atoms in total. The molecule has 0 atom stereocenters. The molecular formula is C17H13Cl2N3O3S2. The number of carbonyl (C=O) groups excluding carboxylic acids is 1. The molecule has 3 aromatic rings. The van der Waals surface area contributed by atoms with Gasteiger partial charge in [0.1, 0.15) is 0 Å². The fourth-order valence-electron chi connectivity index (χ4n) is 2.17. The lowest BCUT2D eigenvalue weighted by molar-refractivity contribution is -0.115. The summed E-state index contributed by atoms with van der Waals surface area (Å²) in [5, 5.41) is 5.04. The molecule has 1 heterocycles. The van der Waals surface area contributed by atoms with Crippen molar-refractivity contribution in [3.63, 3.8) is 0 Å². The molecule has 10 heteroatoms. The van der Waals surface area contributed by atoms with E-state index in [0.717, 1.165) is 11.3 Å². The van der Waals surface area contributed by atoms with E-state index in [4.69, 9.17) is 23.2 Å². The number of amides is 1. The fourth-order valence-corrected chi connectivity index (χ4v) is 4.50. The lowest BCUT2D eigenvalue weighted by Crippen LogP contribution is -2.15. The highest BCUT2D eigenvalue weighted by molar-refractivity contribution is 7.93. The Labute approximate surface area is 170 Å². The van der Waals surface area contributed by atoms with Gasteiger partial charge in [-0.05, 0) is 24.3 Å². The lowest BCUT2D eigenvalue weighted by atomic mass is 10.3. The van der Waals surface area contributed by atoms with Crippen molar-refractivity contribution in [1.29, 1.82) is 0 Å². The van der Waals surface area contributed by atoms with Crippen molar-refractivity contribution in [1.82, 2.24) is 4.98 Å². The van der Waals surface area contributed by atoms with E-state index in [2.05, 4.69) is 15.0 Å². The average Bonchev–Trinajstić information content (AvgIpc) is 3.05. The van der Waals surface area contributed by atoms with Crippen LogP contribution < -0.4 is 10.0 Å². The third-order valence-electron chi connectivity index (χ3n) is 3.39. The Bertz CT molecular complexity index is 1070. The standard InChI is InChI=1S/C17H13Cl2N3O3S2/c18-13-7-4-8-14(16(13)19)21-15(23)9-11-10-26-17(20-11)22-27(24,25)12-5-2-1-3-6-12/h1-8,10H,9H2,(H,20,22)(H,21,23). The monoisotopic (exact) mass is 441 g/mol. The maximum atomic E-state index is 12.3. The summed E-state index contributed by atoms with van der Waals surface area (Å²) in [5.74, 6) is -0.345. The highest BCUT2D eigenvalue weighted by atomic mass is 35.5. The Hall–Kier alpha value is -2.13. The van der Waals surface area contributed by atoms with E-state index >= 15 is 0 Å². The maximum absolute atomic E-state index is 12.3. The number of thiazole rings is 1.